The Morgan fingerprint density at radius 2 is 1.80 bits per heavy atom. The molecule has 86 valence electrons. The van der Waals surface area contributed by atoms with Crippen molar-refractivity contribution in [3.05, 3.63) is 0 Å². The Balaban J connectivity index is 2.67. The number of carbonyl (C=O) groups is 2. The van der Waals surface area contributed by atoms with Crippen molar-refractivity contribution < 1.29 is 9.59 Å². The first kappa shape index (κ1) is 12.7. The van der Waals surface area contributed by atoms with Crippen molar-refractivity contribution in [2.75, 3.05) is 11.9 Å². The number of amides is 2. The van der Waals surface area contributed by atoms with E-state index in [1.165, 1.54) is 4.90 Å². The number of halogens is 1. The molecule has 0 aromatic carbocycles. The highest BCUT2D eigenvalue weighted by Crippen LogP contribution is 2.31. The summed E-state index contributed by atoms with van der Waals surface area (Å²) in [5, 5.41) is 0.813. The summed E-state index contributed by atoms with van der Waals surface area (Å²) in [5.41, 5.74) is -0.164. The van der Waals surface area contributed by atoms with Crippen molar-refractivity contribution >= 4 is 27.7 Å². The molecule has 1 fully saturated rings. The summed E-state index contributed by atoms with van der Waals surface area (Å²) in [5.74, 6) is 0.271. The average molecular weight is 276 g/mol. The van der Waals surface area contributed by atoms with Gasteiger partial charge in [-0.25, -0.2) is 0 Å². The van der Waals surface area contributed by atoms with Gasteiger partial charge < -0.3 is 0 Å². The van der Waals surface area contributed by atoms with Gasteiger partial charge in [-0.1, -0.05) is 36.7 Å². The molecular formula is C11H18BrNO2. The molecule has 2 amide bonds. The summed E-state index contributed by atoms with van der Waals surface area (Å²) in [4.78, 5) is 24.9. The molecule has 0 bridgehead atoms. The molecular weight excluding hydrogens is 258 g/mol. The zero-order chi connectivity index (χ0) is 11.6. The van der Waals surface area contributed by atoms with Crippen LogP contribution >= 0.6 is 15.9 Å². The second-order valence-corrected chi connectivity index (χ2v) is 5.82. The zero-order valence-corrected chi connectivity index (χ0v) is 11.1. The van der Waals surface area contributed by atoms with Crippen LogP contribution in [0.3, 0.4) is 0 Å². The maximum atomic E-state index is 11.8. The highest BCUT2D eigenvalue weighted by atomic mass is 79.9. The van der Waals surface area contributed by atoms with Crippen molar-refractivity contribution in [1.29, 1.82) is 0 Å². The Morgan fingerprint density at radius 3 is 2.20 bits per heavy atom. The molecule has 1 atom stereocenters. The van der Waals surface area contributed by atoms with Crippen LogP contribution in [0.4, 0.5) is 0 Å². The van der Waals surface area contributed by atoms with Gasteiger partial charge in [0.25, 0.3) is 0 Å². The number of rotatable bonds is 3. The van der Waals surface area contributed by atoms with Crippen molar-refractivity contribution in [2.24, 2.45) is 11.3 Å². The summed E-state index contributed by atoms with van der Waals surface area (Å²) < 4.78 is 0. The number of piperidine rings is 1. The number of hydrogen-bond acceptors (Lipinski definition) is 2. The lowest BCUT2D eigenvalue weighted by Gasteiger charge is -2.35. The van der Waals surface area contributed by atoms with E-state index in [4.69, 9.17) is 0 Å². The molecule has 3 nitrogen and oxygen atoms in total. The second kappa shape index (κ2) is 4.64. The van der Waals surface area contributed by atoms with Crippen LogP contribution < -0.4 is 0 Å². The van der Waals surface area contributed by atoms with Gasteiger partial charge in [0, 0.05) is 24.7 Å². The Morgan fingerprint density at radius 1 is 1.33 bits per heavy atom. The van der Waals surface area contributed by atoms with E-state index in [0.29, 0.717) is 25.3 Å². The lowest BCUT2D eigenvalue weighted by Crippen LogP contribution is -2.47. The zero-order valence-electron chi connectivity index (χ0n) is 9.55. The molecule has 1 aliphatic rings. The third-order valence-electron chi connectivity index (χ3n) is 2.62. The third kappa shape index (κ3) is 3.30. The van der Waals surface area contributed by atoms with Gasteiger partial charge >= 0.3 is 0 Å². The van der Waals surface area contributed by atoms with E-state index in [2.05, 4.69) is 15.9 Å². The molecule has 1 heterocycles. The molecule has 0 aliphatic carbocycles. The summed E-state index contributed by atoms with van der Waals surface area (Å²) in [6.45, 7) is 6.50. The van der Waals surface area contributed by atoms with Crippen molar-refractivity contribution in [2.45, 2.75) is 33.6 Å². The maximum absolute atomic E-state index is 11.8. The predicted octanol–water partition coefficient (Wildman–Crippen LogP) is 2.19. The van der Waals surface area contributed by atoms with E-state index < -0.39 is 0 Å². The Hall–Kier alpha value is -0.380. The predicted molar refractivity (Wildman–Crippen MR) is 62.7 cm³/mol. The van der Waals surface area contributed by atoms with Gasteiger partial charge in [0.15, 0.2) is 0 Å². The highest BCUT2D eigenvalue weighted by Gasteiger charge is 2.37. The van der Waals surface area contributed by atoms with Gasteiger partial charge in [0.2, 0.25) is 11.8 Å². The average Bonchev–Trinajstić information content (AvgIpc) is 2.09. The molecule has 1 saturated heterocycles. The van der Waals surface area contributed by atoms with Crippen LogP contribution in [0.25, 0.3) is 0 Å². The van der Waals surface area contributed by atoms with Gasteiger partial charge in [-0.15, -0.1) is 0 Å². The molecule has 0 aromatic rings. The standard InChI is InChI=1S/C11H18BrNO2/c1-8(6-12)7-13-9(14)4-11(2,3)5-10(13)15/h8H,4-7H2,1-3H3. The SMILES string of the molecule is CC(CBr)CN1C(=O)CC(C)(C)CC1=O. The molecule has 1 rings (SSSR count). The van der Waals surface area contributed by atoms with Gasteiger partial charge in [-0.05, 0) is 11.3 Å². The Kier molecular flexibility index (Phi) is 3.93. The molecule has 1 aliphatic heterocycles. The van der Waals surface area contributed by atoms with Crippen molar-refractivity contribution in [3.63, 3.8) is 0 Å². The van der Waals surface area contributed by atoms with E-state index in [1.807, 2.05) is 20.8 Å². The molecule has 0 spiro atoms. The largest absolute Gasteiger partial charge is 0.282 e. The molecule has 0 N–H and O–H groups in total. The van der Waals surface area contributed by atoms with E-state index in [9.17, 15) is 9.59 Å². The number of nitrogens with zero attached hydrogens (tertiary/aromatic N) is 1. The van der Waals surface area contributed by atoms with Crippen LogP contribution in [0.1, 0.15) is 33.6 Å². The number of alkyl halides is 1. The van der Waals surface area contributed by atoms with E-state index in [1.54, 1.807) is 0 Å². The lowest BCUT2D eigenvalue weighted by atomic mass is 9.81. The summed E-state index contributed by atoms with van der Waals surface area (Å²) in [6.07, 6.45) is 0.960. The van der Waals surface area contributed by atoms with Crippen molar-refractivity contribution in [1.82, 2.24) is 4.90 Å². The topological polar surface area (TPSA) is 37.4 Å². The van der Waals surface area contributed by atoms with E-state index >= 15 is 0 Å². The molecule has 1 unspecified atom stereocenters. The van der Waals surface area contributed by atoms with Gasteiger partial charge in [-0.2, -0.15) is 0 Å². The normalized spacial score (nSPS) is 23.1. The minimum Gasteiger partial charge on any atom is -0.282 e. The first-order valence-electron chi connectivity index (χ1n) is 5.25. The molecule has 0 aromatic heterocycles. The van der Waals surface area contributed by atoms with Gasteiger partial charge in [0.1, 0.15) is 0 Å². The quantitative estimate of drug-likeness (QED) is 0.585. The fraction of sp³-hybridized carbons (Fsp3) is 0.818. The minimum atomic E-state index is -0.164. The van der Waals surface area contributed by atoms with Crippen LogP contribution in [0.5, 0.6) is 0 Å². The van der Waals surface area contributed by atoms with E-state index in [0.717, 1.165) is 5.33 Å². The van der Waals surface area contributed by atoms with Crippen LogP contribution in [0, 0.1) is 11.3 Å². The Bertz CT molecular complexity index is 256. The van der Waals surface area contributed by atoms with Crippen LogP contribution in [-0.2, 0) is 9.59 Å². The Labute approximate surface area is 99.3 Å². The van der Waals surface area contributed by atoms with E-state index in [-0.39, 0.29) is 17.2 Å². The number of imide groups is 1. The summed E-state index contributed by atoms with van der Waals surface area (Å²) in [6, 6.07) is 0. The van der Waals surface area contributed by atoms with Crippen LogP contribution in [0.2, 0.25) is 0 Å². The molecule has 15 heavy (non-hydrogen) atoms. The summed E-state index contributed by atoms with van der Waals surface area (Å²) in [7, 11) is 0. The first-order valence-corrected chi connectivity index (χ1v) is 6.37. The monoisotopic (exact) mass is 275 g/mol. The smallest absolute Gasteiger partial charge is 0.229 e. The van der Waals surface area contributed by atoms with Gasteiger partial charge in [0.05, 0.1) is 0 Å². The van der Waals surface area contributed by atoms with Crippen molar-refractivity contribution in [3.8, 4) is 0 Å². The minimum absolute atomic E-state index is 0.0240. The highest BCUT2D eigenvalue weighted by molar-refractivity contribution is 9.09. The van der Waals surface area contributed by atoms with Gasteiger partial charge in [-0.3, -0.25) is 14.5 Å². The second-order valence-electron chi connectivity index (χ2n) is 5.18. The lowest BCUT2D eigenvalue weighted by molar-refractivity contribution is -0.153. The fourth-order valence-electron chi connectivity index (χ4n) is 1.78. The fourth-order valence-corrected chi connectivity index (χ4v) is 1.98. The first-order chi connectivity index (χ1) is 6.85. The molecule has 0 radical (unpaired) electrons. The van der Waals surface area contributed by atoms with Crippen LogP contribution in [0.15, 0.2) is 0 Å². The molecule has 0 saturated carbocycles. The molecule has 4 heteroatoms. The number of carbonyl (C=O) groups excluding carboxylic acids is 2. The number of likely N-dealkylation sites (tertiary alicyclic amines) is 1. The van der Waals surface area contributed by atoms with Crippen LogP contribution in [-0.4, -0.2) is 28.6 Å². The summed E-state index contributed by atoms with van der Waals surface area (Å²) >= 11 is 3.35. The maximum Gasteiger partial charge on any atom is 0.229 e. The third-order valence-corrected chi connectivity index (χ3v) is 3.72. The number of hydrogen-bond donors (Lipinski definition) is 0.